The summed E-state index contributed by atoms with van der Waals surface area (Å²) in [6.07, 6.45) is 1.05. The largest absolute Gasteiger partial charge is 0.491 e. The van der Waals surface area contributed by atoms with Gasteiger partial charge in [0.1, 0.15) is 18.0 Å². The second-order valence-corrected chi connectivity index (χ2v) is 7.10. The number of carbonyl (C=O) groups excluding carboxylic acids is 1. The smallest absolute Gasteiger partial charge is 0.223 e. The first-order valence-electron chi connectivity index (χ1n) is 9.04. The van der Waals surface area contributed by atoms with E-state index in [-0.39, 0.29) is 12.5 Å². The van der Waals surface area contributed by atoms with Crippen molar-refractivity contribution >= 4 is 5.91 Å². The number of hydrogen-bond donors (Lipinski definition) is 1. The first-order chi connectivity index (χ1) is 12.0. The van der Waals surface area contributed by atoms with Gasteiger partial charge in [0.05, 0.1) is 19.8 Å². The molecule has 0 bridgehead atoms. The summed E-state index contributed by atoms with van der Waals surface area (Å²) in [5.74, 6) is 0.864. The van der Waals surface area contributed by atoms with Crippen LogP contribution in [0.5, 0.6) is 5.75 Å². The minimum atomic E-state index is -0.960. The zero-order valence-electron chi connectivity index (χ0n) is 14.9. The van der Waals surface area contributed by atoms with Gasteiger partial charge in [-0.3, -0.25) is 9.69 Å². The molecule has 2 aliphatic rings. The number of amides is 1. The summed E-state index contributed by atoms with van der Waals surface area (Å²) in [5.41, 5.74) is 0.161. The van der Waals surface area contributed by atoms with Gasteiger partial charge in [-0.05, 0) is 31.0 Å². The number of carbonyl (C=O) groups is 1. The number of ether oxygens (including phenoxy) is 2. The Kier molecular flexibility index (Phi) is 5.93. The van der Waals surface area contributed by atoms with E-state index in [1.807, 2.05) is 31.2 Å². The molecule has 6 nitrogen and oxygen atoms in total. The standard InChI is InChI=1S/C19H28N2O4/c1-16-3-2-4-17(13-16)25-15-19(23)6-8-21(14-19)18(22)5-7-20-9-11-24-12-10-20/h2-4,13,23H,5-12,14-15H2,1H3. The van der Waals surface area contributed by atoms with E-state index in [1.54, 1.807) is 4.90 Å². The van der Waals surface area contributed by atoms with E-state index in [9.17, 15) is 9.90 Å². The van der Waals surface area contributed by atoms with Crippen molar-refractivity contribution in [1.29, 1.82) is 0 Å². The number of nitrogens with zero attached hydrogens (tertiary/aromatic N) is 2. The fraction of sp³-hybridized carbons (Fsp3) is 0.632. The zero-order chi connectivity index (χ0) is 17.7. The fourth-order valence-electron chi connectivity index (χ4n) is 3.35. The Labute approximate surface area is 149 Å². The number of hydrogen-bond acceptors (Lipinski definition) is 5. The Hall–Kier alpha value is -1.63. The molecule has 1 amide bonds. The summed E-state index contributed by atoms with van der Waals surface area (Å²) in [7, 11) is 0. The highest BCUT2D eigenvalue weighted by Crippen LogP contribution is 2.24. The van der Waals surface area contributed by atoms with Crippen LogP contribution in [0.15, 0.2) is 24.3 Å². The number of aliphatic hydroxyl groups is 1. The van der Waals surface area contributed by atoms with E-state index >= 15 is 0 Å². The highest BCUT2D eigenvalue weighted by Gasteiger charge is 2.38. The number of likely N-dealkylation sites (tertiary alicyclic amines) is 1. The van der Waals surface area contributed by atoms with Crippen LogP contribution in [0.4, 0.5) is 0 Å². The first-order valence-corrected chi connectivity index (χ1v) is 9.04. The van der Waals surface area contributed by atoms with Gasteiger partial charge in [0.2, 0.25) is 5.91 Å². The third-order valence-electron chi connectivity index (χ3n) is 4.93. The van der Waals surface area contributed by atoms with Gasteiger partial charge in [0, 0.05) is 32.6 Å². The molecule has 1 aromatic rings. The molecule has 0 radical (unpaired) electrons. The molecule has 0 aliphatic carbocycles. The Bertz CT molecular complexity index is 589. The molecular weight excluding hydrogens is 320 g/mol. The maximum atomic E-state index is 12.4. The van der Waals surface area contributed by atoms with Crippen LogP contribution in [0.2, 0.25) is 0 Å². The van der Waals surface area contributed by atoms with Crippen molar-refractivity contribution in [3.63, 3.8) is 0 Å². The van der Waals surface area contributed by atoms with Crippen LogP contribution in [0.3, 0.4) is 0 Å². The Morgan fingerprint density at radius 1 is 1.32 bits per heavy atom. The minimum absolute atomic E-state index is 0.109. The lowest BCUT2D eigenvalue weighted by Crippen LogP contribution is -2.42. The lowest BCUT2D eigenvalue weighted by Gasteiger charge is -2.27. The molecule has 2 aliphatic heterocycles. The Morgan fingerprint density at radius 3 is 2.88 bits per heavy atom. The van der Waals surface area contributed by atoms with Crippen molar-refractivity contribution in [3.8, 4) is 5.75 Å². The molecule has 1 unspecified atom stereocenters. The third-order valence-corrected chi connectivity index (χ3v) is 4.93. The van der Waals surface area contributed by atoms with Crippen molar-refractivity contribution in [2.24, 2.45) is 0 Å². The van der Waals surface area contributed by atoms with E-state index in [4.69, 9.17) is 9.47 Å². The summed E-state index contributed by atoms with van der Waals surface area (Å²) in [4.78, 5) is 16.4. The molecule has 138 valence electrons. The predicted molar refractivity (Wildman–Crippen MR) is 94.7 cm³/mol. The highest BCUT2D eigenvalue weighted by atomic mass is 16.5. The summed E-state index contributed by atoms with van der Waals surface area (Å²) in [6.45, 7) is 7.19. The number of morpholine rings is 1. The molecule has 0 spiro atoms. The van der Waals surface area contributed by atoms with E-state index in [0.29, 0.717) is 25.9 Å². The van der Waals surface area contributed by atoms with Crippen LogP contribution in [0.25, 0.3) is 0 Å². The maximum Gasteiger partial charge on any atom is 0.223 e. The fourth-order valence-corrected chi connectivity index (χ4v) is 3.35. The molecular formula is C19H28N2O4. The van der Waals surface area contributed by atoms with Crippen molar-refractivity contribution < 1.29 is 19.4 Å². The van der Waals surface area contributed by atoms with Gasteiger partial charge in [-0.25, -0.2) is 0 Å². The van der Waals surface area contributed by atoms with Crippen LogP contribution in [-0.2, 0) is 9.53 Å². The van der Waals surface area contributed by atoms with E-state index in [2.05, 4.69) is 4.90 Å². The quantitative estimate of drug-likeness (QED) is 0.833. The molecule has 1 atom stereocenters. The number of benzene rings is 1. The molecule has 25 heavy (non-hydrogen) atoms. The third kappa shape index (κ3) is 5.17. The predicted octanol–water partition coefficient (Wildman–Crippen LogP) is 1.06. The van der Waals surface area contributed by atoms with Crippen molar-refractivity contribution in [2.75, 3.05) is 52.5 Å². The zero-order valence-corrected chi connectivity index (χ0v) is 14.9. The highest BCUT2D eigenvalue weighted by molar-refractivity contribution is 5.76. The van der Waals surface area contributed by atoms with Crippen molar-refractivity contribution in [2.45, 2.75) is 25.4 Å². The number of β-amino-alcohol motifs (C(OH)–C–C–N with tert-alkyl or cyclic N) is 1. The second kappa shape index (κ2) is 8.17. The van der Waals surface area contributed by atoms with Crippen LogP contribution in [0.1, 0.15) is 18.4 Å². The molecule has 2 heterocycles. The summed E-state index contributed by atoms with van der Waals surface area (Å²) in [6, 6.07) is 7.77. The van der Waals surface area contributed by atoms with E-state index in [0.717, 1.165) is 44.2 Å². The van der Waals surface area contributed by atoms with Crippen LogP contribution >= 0.6 is 0 Å². The van der Waals surface area contributed by atoms with E-state index < -0.39 is 5.60 Å². The normalized spacial score (nSPS) is 24.5. The van der Waals surface area contributed by atoms with Crippen LogP contribution < -0.4 is 4.74 Å². The van der Waals surface area contributed by atoms with Gasteiger partial charge >= 0.3 is 0 Å². The first kappa shape index (κ1) is 18.2. The van der Waals surface area contributed by atoms with Gasteiger partial charge in [0.25, 0.3) is 0 Å². The SMILES string of the molecule is Cc1cccc(OCC2(O)CCN(C(=O)CCN3CCOCC3)C2)c1. The molecule has 1 N–H and O–H groups in total. The van der Waals surface area contributed by atoms with Crippen LogP contribution in [-0.4, -0.2) is 79.0 Å². The maximum absolute atomic E-state index is 12.4. The lowest BCUT2D eigenvalue weighted by molar-refractivity contribution is -0.132. The topological polar surface area (TPSA) is 62.2 Å². The van der Waals surface area contributed by atoms with Gasteiger partial charge in [-0.2, -0.15) is 0 Å². The summed E-state index contributed by atoms with van der Waals surface area (Å²) in [5, 5.41) is 10.7. The average molecular weight is 348 g/mol. The monoisotopic (exact) mass is 348 g/mol. The molecule has 3 rings (SSSR count). The Morgan fingerprint density at radius 2 is 2.12 bits per heavy atom. The molecule has 2 saturated heterocycles. The van der Waals surface area contributed by atoms with Gasteiger partial charge in [0.15, 0.2) is 0 Å². The molecule has 0 aromatic heterocycles. The van der Waals surface area contributed by atoms with Gasteiger partial charge < -0.3 is 19.5 Å². The summed E-state index contributed by atoms with van der Waals surface area (Å²) < 4.78 is 11.1. The molecule has 0 saturated carbocycles. The second-order valence-electron chi connectivity index (χ2n) is 7.10. The minimum Gasteiger partial charge on any atom is -0.491 e. The van der Waals surface area contributed by atoms with Crippen molar-refractivity contribution in [3.05, 3.63) is 29.8 Å². The van der Waals surface area contributed by atoms with Gasteiger partial charge in [-0.1, -0.05) is 12.1 Å². The molecule has 2 fully saturated rings. The van der Waals surface area contributed by atoms with Crippen molar-refractivity contribution in [1.82, 2.24) is 9.80 Å². The number of aryl methyl sites for hydroxylation is 1. The van der Waals surface area contributed by atoms with Gasteiger partial charge in [-0.15, -0.1) is 0 Å². The summed E-state index contributed by atoms with van der Waals surface area (Å²) >= 11 is 0. The van der Waals surface area contributed by atoms with Crippen LogP contribution in [0, 0.1) is 6.92 Å². The van der Waals surface area contributed by atoms with E-state index in [1.165, 1.54) is 0 Å². The average Bonchev–Trinajstić information content (AvgIpc) is 3.02. The molecule has 1 aromatic carbocycles. The Balaban J connectivity index is 1.44. The number of rotatable bonds is 6. The lowest BCUT2D eigenvalue weighted by atomic mass is 10.1. The molecule has 6 heteroatoms.